The summed E-state index contributed by atoms with van der Waals surface area (Å²) < 4.78 is 0. The standard InChI is InChI=1S/C10H13N3O5/c11-4-8(14)9(15)5-1-6(10(12)16)3-7(2-5)13(17)18/h1-3,8-9,14-15H,4,11H2,(H2,12,16). The first-order chi connectivity index (χ1) is 8.36. The predicted octanol–water partition coefficient (Wildman–Crippen LogP) is -0.953. The Kier molecular flexibility index (Phi) is 4.32. The third-order valence-corrected chi connectivity index (χ3v) is 2.38. The van der Waals surface area contributed by atoms with Crippen LogP contribution in [0.2, 0.25) is 0 Å². The average molecular weight is 255 g/mol. The second-order valence-corrected chi connectivity index (χ2v) is 3.68. The zero-order valence-corrected chi connectivity index (χ0v) is 9.31. The van der Waals surface area contributed by atoms with Gasteiger partial charge in [0, 0.05) is 24.2 Å². The highest BCUT2D eigenvalue weighted by Gasteiger charge is 2.21. The van der Waals surface area contributed by atoms with Crippen LogP contribution in [0.1, 0.15) is 22.0 Å². The van der Waals surface area contributed by atoms with E-state index in [0.29, 0.717) is 0 Å². The monoisotopic (exact) mass is 255 g/mol. The smallest absolute Gasteiger partial charge is 0.270 e. The van der Waals surface area contributed by atoms with Crippen LogP contribution in [0.5, 0.6) is 0 Å². The number of hydrogen-bond donors (Lipinski definition) is 4. The third-order valence-electron chi connectivity index (χ3n) is 2.38. The fourth-order valence-electron chi connectivity index (χ4n) is 1.40. The van der Waals surface area contributed by atoms with E-state index >= 15 is 0 Å². The fraction of sp³-hybridized carbons (Fsp3) is 0.300. The Morgan fingerprint density at radius 1 is 1.39 bits per heavy atom. The van der Waals surface area contributed by atoms with Crippen LogP contribution in [0.25, 0.3) is 0 Å². The van der Waals surface area contributed by atoms with E-state index < -0.39 is 28.7 Å². The molecule has 8 nitrogen and oxygen atoms in total. The SMILES string of the molecule is NCC(O)C(O)c1cc(C(N)=O)cc([N+](=O)[O-])c1. The van der Waals surface area contributed by atoms with Crippen LogP contribution in [0.15, 0.2) is 18.2 Å². The topological polar surface area (TPSA) is 153 Å². The van der Waals surface area contributed by atoms with Crippen molar-refractivity contribution in [2.45, 2.75) is 12.2 Å². The highest BCUT2D eigenvalue weighted by Crippen LogP contribution is 2.23. The molecule has 1 aromatic rings. The van der Waals surface area contributed by atoms with E-state index in [1.165, 1.54) is 6.07 Å². The zero-order valence-electron chi connectivity index (χ0n) is 9.31. The van der Waals surface area contributed by atoms with E-state index in [1.54, 1.807) is 0 Å². The Morgan fingerprint density at radius 2 is 2.00 bits per heavy atom. The van der Waals surface area contributed by atoms with Crippen LogP contribution in [0, 0.1) is 10.1 Å². The van der Waals surface area contributed by atoms with E-state index in [1.807, 2.05) is 0 Å². The molecule has 1 aromatic carbocycles. The first kappa shape index (κ1) is 14.0. The van der Waals surface area contributed by atoms with Gasteiger partial charge in [0.2, 0.25) is 5.91 Å². The maximum atomic E-state index is 11.0. The van der Waals surface area contributed by atoms with Crippen molar-refractivity contribution < 1.29 is 19.9 Å². The van der Waals surface area contributed by atoms with Crippen LogP contribution < -0.4 is 11.5 Å². The van der Waals surface area contributed by atoms with E-state index in [4.69, 9.17) is 11.5 Å². The van der Waals surface area contributed by atoms with E-state index in [0.717, 1.165) is 12.1 Å². The van der Waals surface area contributed by atoms with Gasteiger partial charge in [0.1, 0.15) is 6.10 Å². The van der Waals surface area contributed by atoms with Gasteiger partial charge in [0.25, 0.3) is 5.69 Å². The summed E-state index contributed by atoms with van der Waals surface area (Å²) in [7, 11) is 0. The van der Waals surface area contributed by atoms with Crippen molar-refractivity contribution in [1.82, 2.24) is 0 Å². The number of hydrogen-bond acceptors (Lipinski definition) is 6. The Hall–Kier alpha value is -2.03. The summed E-state index contributed by atoms with van der Waals surface area (Å²) in [5.74, 6) is -0.866. The quantitative estimate of drug-likeness (QED) is 0.393. The minimum atomic E-state index is -1.42. The van der Waals surface area contributed by atoms with Gasteiger partial charge >= 0.3 is 0 Å². The molecule has 1 amide bonds. The molecule has 0 aliphatic carbocycles. The van der Waals surface area contributed by atoms with Gasteiger partial charge in [-0.15, -0.1) is 0 Å². The van der Waals surface area contributed by atoms with Crippen LogP contribution in [-0.2, 0) is 0 Å². The molecular formula is C10H13N3O5. The van der Waals surface area contributed by atoms with Crippen LogP contribution in [0.3, 0.4) is 0 Å². The molecule has 0 radical (unpaired) electrons. The molecule has 0 aromatic heterocycles. The van der Waals surface area contributed by atoms with E-state index in [-0.39, 0.29) is 17.7 Å². The maximum Gasteiger partial charge on any atom is 0.270 e. The molecule has 6 N–H and O–H groups in total. The second kappa shape index (κ2) is 5.54. The van der Waals surface area contributed by atoms with Gasteiger partial charge < -0.3 is 21.7 Å². The number of non-ortho nitro benzene ring substituents is 1. The summed E-state index contributed by atoms with van der Waals surface area (Å²) in [5.41, 5.74) is 9.69. The molecule has 0 aliphatic heterocycles. The van der Waals surface area contributed by atoms with Gasteiger partial charge in [-0.25, -0.2) is 0 Å². The van der Waals surface area contributed by atoms with Gasteiger partial charge in [0.05, 0.1) is 11.0 Å². The highest BCUT2D eigenvalue weighted by atomic mass is 16.6. The van der Waals surface area contributed by atoms with E-state index in [2.05, 4.69) is 0 Å². The number of carbonyl (C=O) groups excluding carboxylic acids is 1. The average Bonchev–Trinajstić information content (AvgIpc) is 2.36. The molecule has 0 bridgehead atoms. The molecule has 0 saturated heterocycles. The number of primary amides is 1. The number of aliphatic hydroxyl groups is 2. The van der Waals surface area contributed by atoms with Crippen molar-refractivity contribution in [1.29, 1.82) is 0 Å². The number of benzene rings is 1. The minimum absolute atomic E-state index is 0.0101. The normalized spacial score (nSPS) is 13.9. The summed E-state index contributed by atoms with van der Waals surface area (Å²) in [6, 6.07) is 3.22. The number of carbonyl (C=O) groups is 1. The number of aliphatic hydroxyl groups excluding tert-OH is 2. The number of nitro groups is 1. The van der Waals surface area contributed by atoms with Crippen LogP contribution >= 0.6 is 0 Å². The summed E-state index contributed by atoms with van der Waals surface area (Å²) in [5, 5.41) is 29.7. The number of nitro benzene ring substituents is 1. The molecular weight excluding hydrogens is 242 g/mol. The molecule has 2 unspecified atom stereocenters. The van der Waals surface area contributed by atoms with Crippen molar-refractivity contribution in [2.24, 2.45) is 11.5 Å². The van der Waals surface area contributed by atoms with Crippen molar-refractivity contribution >= 4 is 11.6 Å². The summed E-state index contributed by atoms with van der Waals surface area (Å²) in [6.07, 6.45) is -2.71. The van der Waals surface area contributed by atoms with Gasteiger partial charge in [-0.2, -0.15) is 0 Å². The number of nitrogens with two attached hydrogens (primary N) is 2. The maximum absolute atomic E-state index is 11.0. The van der Waals surface area contributed by atoms with Crippen molar-refractivity contribution in [2.75, 3.05) is 6.54 Å². The molecule has 18 heavy (non-hydrogen) atoms. The molecule has 98 valence electrons. The minimum Gasteiger partial charge on any atom is -0.389 e. The predicted molar refractivity (Wildman–Crippen MR) is 61.6 cm³/mol. The Morgan fingerprint density at radius 3 is 2.44 bits per heavy atom. The lowest BCUT2D eigenvalue weighted by molar-refractivity contribution is -0.385. The van der Waals surface area contributed by atoms with E-state index in [9.17, 15) is 25.1 Å². The number of nitrogens with zero attached hydrogens (tertiary/aromatic N) is 1. The Labute approximate surface area is 102 Å². The number of amides is 1. The zero-order chi connectivity index (χ0) is 13.9. The molecule has 1 rings (SSSR count). The van der Waals surface area contributed by atoms with Gasteiger partial charge in [-0.3, -0.25) is 14.9 Å². The van der Waals surface area contributed by atoms with Crippen molar-refractivity contribution in [3.63, 3.8) is 0 Å². The fourth-order valence-corrected chi connectivity index (χ4v) is 1.40. The molecule has 0 fully saturated rings. The molecule has 0 saturated carbocycles. The first-order valence-electron chi connectivity index (χ1n) is 5.02. The molecule has 0 heterocycles. The highest BCUT2D eigenvalue weighted by molar-refractivity contribution is 5.93. The largest absolute Gasteiger partial charge is 0.389 e. The van der Waals surface area contributed by atoms with Gasteiger partial charge in [-0.05, 0) is 11.6 Å². The number of rotatable bonds is 5. The van der Waals surface area contributed by atoms with Gasteiger partial charge in [0.15, 0.2) is 0 Å². The lowest BCUT2D eigenvalue weighted by atomic mass is 10.0. The van der Waals surface area contributed by atoms with Crippen LogP contribution in [0.4, 0.5) is 5.69 Å². The van der Waals surface area contributed by atoms with Crippen molar-refractivity contribution in [3.8, 4) is 0 Å². The summed E-state index contributed by atoms with van der Waals surface area (Å²) >= 11 is 0. The van der Waals surface area contributed by atoms with Gasteiger partial charge in [-0.1, -0.05) is 0 Å². The molecule has 2 atom stereocenters. The van der Waals surface area contributed by atoms with Crippen LogP contribution in [-0.4, -0.2) is 33.7 Å². The molecule has 0 aliphatic rings. The van der Waals surface area contributed by atoms with Crippen molar-refractivity contribution in [3.05, 3.63) is 39.4 Å². The second-order valence-electron chi connectivity index (χ2n) is 3.68. The lowest BCUT2D eigenvalue weighted by Gasteiger charge is -2.16. The third kappa shape index (κ3) is 3.00. The lowest BCUT2D eigenvalue weighted by Crippen LogP contribution is -2.27. The summed E-state index contributed by atoms with van der Waals surface area (Å²) in [6.45, 7) is -0.226. The summed E-state index contributed by atoms with van der Waals surface area (Å²) in [4.78, 5) is 21.0. The molecule has 8 heteroatoms. The first-order valence-corrected chi connectivity index (χ1v) is 5.02. The Bertz CT molecular complexity index is 444. The Balaban J connectivity index is 3.26. The molecule has 0 spiro atoms.